The lowest BCUT2D eigenvalue weighted by molar-refractivity contribution is 0.216. The summed E-state index contributed by atoms with van der Waals surface area (Å²) in [4.78, 5) is 0. The van der Waals surface area contributed by atoms with Crippen LogP contribution in [0.1, 0.15) is 52.7 Å². The molecule has 0 heterocycles. The Morgan fingerprint density at radius 1 is 0.909 bits per heavy atom. The molecule has 0 aliphatic heterocycles. The van der Waals surface area contributed by atoms with Gasteiger partial charge in [0.25, 0.3) is 10.1 Å². The predicted octanol–water partition coefficient (Wildman–Crippen LogP) is 3.64. The molecule has 0 aliphatic rings. The summed E-state index contributed by atoms with van der Waals surface area (Å²) in [5, 5.41) is 0. The molecule has 0 radical (unpaired) electrons. The second kappa shape index (κ2) is 6.59. The molecule has 1 aromatic carbocycles. The number of rotatable bonds is 5. The zero-order valence-corrected chi connectivity index (χ0v) is 15.5. The Balaban J connectivity index is 3.08. The highest BCUT2D eigenvalue weighted by molar-refractivity contribution is 7.85. The average molecular weight is 328 g/mol. The number of para-hydroxylation sites is 1. The fourth-order valence-electron chi connectivity index (χ4n) is 2.20. The summed E-state index contributed by atoms with van der Waals surface area (Å²) in [6, 6.07) is 6.16. The molecule has 1 rings (SSSR count). The van der Waals surface area contributed by atoms with Crippen molar-refractivity contribution in [3.63, 3.8) is 0 Å². The third-order valence-corrected chi connectivity index (χ3v) is 3.85. The van der Waals surface area contributed by atoms with Crippen molar-refractivity contribution in [2.75, 3.05) is 19.5 Å². The first-order valence-electron chi connectivity index (χ1n) is 7.43. The van der Waals surface area contributed by atoms with Gasteiger partial charge in [-0.15, -0.1) is 0 Å². The maximum atomic E-state index is 11.0. The van der Waals surface area contributed by atoms with Gasteiger partial charge in [-0.2, -0.15) is 8.42 Å². The van der Waals surface area contributed by atoms with Crippen LogP contribution in [0.4, 0.5) is 0 Å². The van der Waals surface area contributed by atoms with Crippen molar-refractivity contribution in [3.05, 3.63) is 29.3 Å². The third kappa shape index (κ3) is 5.61. The molecule has 0 atom stereocenters. The highest BCUT2D eigenvalue weighted by atomic mass is 32.2. The van der Waals surface area contributed by atoms with Crippen LogP contribution in [-0.2, 0) is 25.1 Å². The van der Waals surface area contributed by atoms with Crippen molar-refractivity contribution in [1.82, 2.24) is 0 Å². The number of ether oxygens (including phenoxy) is 1. The topological polar surface area (TPSA) is 52.6 Å². The molecule has 22 heavy (non-hydrogen) atoms. The molecule has 0 spiro atoms. The quantitative estimate of drug-likeness (QED) is 0.612. The Kier molecular flexibility index (Phi) is 5.68. The largest absolute Gasteiger partial charge is 0.491 e. The maximum absolute atomic E-state index is 11.0. The Morgan fingerprint density at radius 2 is 1.36 bits per heavy atom. The molecule has 0 saturated heterocycles. The molecule has 0 unspecified atom stereocenters. The van der Waals surface area contributed by atoms with Gasteiger partial charge < -0.3 is 4.74 Å². The minimum absolute atomic E-state index is 0.0148. The summed E-state index contributed by atoms with van der Waals surface area (Å²) in [5.74, 6) is 0.833. The normalized spacial score (nSPS) is 13.2. The van der Waals surface area contributed by atoms with Crippen LogP contribution in [-0.4, -0.2) is 27.9 Å². The second-order valence-corrected chi connectivity index (χ2v) is 9.20. The van der Waals surface area contributed by atoms with Gasteiger partial charge in [0.15, 0.2) is 0 Å². The van der Waals surface area contributed by atoms with Crippen molar-refractivity contribution >= 4 is 10.1 Å². The SMILES string of the molecule is CC(C)(C)c1cccc(C(C)(C)C)c1OCCOS(C)(=O)=O. The molecule has 126 valence electrons. The van der Waals surface area contributed by atoms with Crippen molar-refractivity contribution in [2.45, 2.75) is 52.4 Å². The first-order chi connectivity index (χ1) is 9.82. The lowest BCUT2D eigenvalue weighted by Crippen LogP contribution is -2.21. The summed E-state index contributed by atoms with van der Waals surface area (Å²) >= 11 is 0. The molecule has 0 N–H and O–H groups in total. The fourth-order valence-corrected chi connectivity index (χ4v) is 2.57. The molecule has 0 bridgehead atoms. The number of hydrogen-bond acceptors (Lipinski definition) is 4. The van der Waals surface area contributed by atoms with E-state index in [0.717, 1.165) is 23.1 Å². The summed E-state index contributed by atoms with van der Waals surface area (Å²) in [6.07, 6.45) is 1.04. The molecule has 0 amide bonds. The number of hydrogen-bond donors (Lipinski definition) is 0. The van der Waals surface area contributed by atoms with E-state index in [1.165, 1.54) is 0 Å². The summed E-state index contributed by atoms with van der Waals surface area (Å²) in [5.41, 5.74) is 2.10. The molecule has 5 heteroatoms. The molecule has 0 fully saturated rings. The third-order valence-electron chi connectivity index (χ3n) is 3.26. The molecule has 4 nitrogen and oxygen atoms in total. The van der Waals surface area contributed by atoms with Crippen LogP contribution in [0.5, 0.6) is 5.75 Å². The van der Waals surface area contributed by atoms with Gasteiger partial charge in [0, 0.05) is 0 Å². The van der Waals surface area contributed by atoms with Gasteiger partial charge >= 0.3 is 0 Å². The van der Waals surface area contributed by atoms with E-state index < -0.39 is 10.1 Å². The van der Waals surface area contributed by atoms with E-state index in [1.54, 1.807) is 0 Å². The Bertz CT molecular complexity index is 572. The van der Waals surface area contributed by atoms with Gasteiger partial charge in [0.1, 0.15) is 19.0 Å². The standard InChI is InChI=1S/C17H28O4S/c1-16(2,3)13-9-8-10-14(17(4,5)6)15(13)20-11-12-21-22(7,18)19/h8-10H,11-12H2,1-7H3. The van der Waals surface area contributed by atoms with Crippen LogP contribution >= 0.6 is 0 Å². The van der Waals surface area contributed by atoms with Gasteiger partial charge in [-0.1, -0.05) is 59.7 Å². The van der Waals surface area contributed by atoms with E-state index >= 15 is 0 Å². The lowest BCUT2D eigenvalue weighted by atomic mass is 9.79. The van der Waals surface area contributed by atoms with Gasteiger partial charge in [0.05, 0.1) is 6.26 Å². The van der Waals surface area contributed by atoms with Crippen LogP contribution in [0.15, 0.2) is 18.2 Å². The minimum Gasteiger partial charge on any atom is -0.491 e. The molecule has 0 saturated carbocycles. The Morgan fingerprint density at radius 3 is 1.73 bits per heavy atom. The summed E-state index contributed by atoms with van der Waals surface area (Å²) in [6.45, 7) is 13.0. The van der Waals surface area contributed by atoms with E-state index in [1.807, 2.05) is 6.07 Å². The van der Waals surface area contributed by atoms with Crippen molar-refractivity contribution < 1.29 is 17.3 Å². The molecule has 1 aromatic rings. The van der Waals surface area contributed by atoms with Crippen LogP contribution in [0.2, 0.25) is 0 Å². The minimum atomic E-state index is -3.44. The van der Waals surface area contributed by atoms with E-state index in [4.69, 9.17) is 8.92 Å². The van der Waals surface area contributed by atoms with Gasteiger partial charge in [-0.3, -0.25) is 4.18 Å². The van der Waals surface area contributed by atoms with Crippen LogP contribution in [0.25, 0.3) is 0 Å². The first kappa shape index (κ1) is 19.0. The Hall–Kier alpha value is -1.07. The summed E-state index contributed by atoms with van der Waals surface area (Å²) in [7, 11) is -3.44. The molecule has 0 aromatic heterocycles. The Labute approximate surface area is 135 Å². The van der Waals surface area contributed by atoms with E-state index in [0.29, 0.717) is 0 Å². The number of benzene rings is 1. The van der Waals surface area contributed by atoms with Gasteiger partial charge in [-0.05, 0) is 22.0 Å². The van der Waals surface area contributed by atoms with Crippen LogP contribution in [0.3, 0.4) is 0 Å². The van der Waals surface area contributed by atoms with Crippen LogP contribution < -0.4 is 4.74 Å². The second-order valence-electron chi connectivity index (χ2n) is 7.56. The molecule has 0 aliphatic carbocycles. The smallest absolute Gasteiger partial charge is 0.264 e. The van der Waals surface area contributed by atoms with Crippen molar-refractivity contribution in [1.29, 1.82) is 0 Å². The van der Waals surface area contributed by atoms with Gasteiger partial charge in [-0.25, -0.2) is 0 Å². The van der Waals surface area contributed by atoms with E-state index in [9.17, 15) is 8.42 Å². The first-order valence-corrected chi connectivity index (χ1v) is 9.25. The van der Waals surface area contributed by atoms with E-state index in [2.05, 4.69) is 53.7 Å². The van der Waals surface area contributed by atoms with E-state index in [-0.39, 0.29) is 24.0 Å². The van der Waals surface area contributed by atoms with Crippen molar-refractivity contribution in [3.8, 4) is 5.75 Å². The monoisotopic (exact) mass is 328 g/mol. The lowest BCUT2D eigenvalue weighted by Gasteiger charge is -2.29. The fraction of sp³-hybridized carbons (Fsp3) is 0.647. The highest BCUT2D eigenvalue weighted by Crippen LogP contribution is 2.39. The zero-order chi connectivity index (χ0) is 17.2. The summed E-state index contributed by atoms with van der Waals surface area (Å²) < 4.78 is 32.7. The van der Waals surface area contributed by atoms with Crippen molar-refractivity contribution in [2.24, 2.45) is 0 Å². The zero-order valence-electron chi connectivity index (χ0n) is 14.7. The molecular formula is C17H28O4S. The van der Waals surface area contributed by atoms with Crippen LogP contribution in [0, 0.1) is 0 Å². The predicted molar refractivity (Wildman–Crippen MR) is 90.1 cm³/mol. The highest BCUT2D eigenvalue weighted by Gasteiger charge is 2.26. The van der Waals surface area contributed by atoms with Gasteiger partial charge in [0.2, 0.25) is 0 Å². The maximum Gasteiger partial charge on any atom is 0.264 e. The molecular weight excluding hydrogens is 300 g/mol. The average Bonchev–Trinajstić information content (AvgIpc) is 2.30.